The molecular weight excluding hydrogens is 341 g/mol. The monoisotopic (exact) mass is 357 g/mol. The zero-order valence-corrected chi connectivity index (χ0v) is 14.5. The van der Waals surface area contributed by atoms with Gasteiger partial charge in [0.2, 0.25) is 0 Å². The maximum absolute atomic E-state index is 13.0. The number of halogens is 1. The number of para-hydroxylation sites is 1. The molecule has 1 fully saturated rings. The second-order valence-electron chi connectivity index (χ2n) is 5.81. The quantitative estimate of drug-likeness (QED) is 0.656. The number of aromatic nitrogens is 1. The van der Waals surface area contributed by atoms with Crippen molar-refractivity contribution in [3.8, 4) is 0 Å². The van der Waals surface area contributed by atoms with E-state index in [0.717, 1.165) is 35.6 Å². The molecule has 1 saturated heterocycles. The van der Waals surface area contributed by atoms with E-state index in [4.69, 9.17) is 17.2 Å². The smallest absolute Gasteiger partial charge is 0.174 e. The molecule has 0 radical (unpaired) electrons. The van der Waals surface area contributed by atoms with Crippen molar-refractivity contribution < 1.29 is 4.39 Å². The van der Waals surface area contributed by atoms with E-state index in [9.17, 15) is 4.39 Å². The molecule has 1 N–H and O–H groups in total. The Morgan fingerprint density at radius 1 is 1.21 bits per heavy atom. The molecule has 3 nitrogen and oxygen atoms in total. The highest BCUT2D eigenvalue weighted by Gasteiger charge is 2.30. The molecule has 2 aromatic carbocycles. The second-order valence-corrected chi connectivity index (χ2v) is 7.26. The molecule has 0 unspecified atom stereocenters. The predicted molar refractivity (Wildman–Crippen MR) is 101 cm³/mol. The maximum Gasteiger partial charge on any atom is 0.174 e. The van der Waals surface area contributed by atoms with Crippen LogP contribution in [0.15, 0.2) is 48.5 Å². The van der Waals surface area contributed by atoms with Gasteiger partial charge in [-0.1, -0.05) is 12.1 Å². The molecule has 0 saturated carbocycles. The number of anilines is 1. The fraction of sp³-hybridized carbons (Fsp3) is 0.222. The minimum Gasteiger partial charge on any atom is -0.340 e. The number of benzene rings is 2. The Hall–Kier alpha value is -2.05. The number of hydrogen-bond donors (Lipinski definition) is 1. The number of likely N-dealkylation sites (tertiary alicyclic amines) is 1. The number of thiocarbonyl (C=S) groups is 1. The molecule has 0 aliphatic carbocycles. The van der Waals surface area contributed by atoms with Crippen LogP contribution >= 0.6 is 23.6 Å². The normalized spacial score (nSPS) is 17.4. The van der Waals surface area contributed by atoms with Crippen LogP contribution in [0.3, 0.4) is 0 Å². The van der Waals surface area contributed by atoms with Gasteiger partial charge in [-0.25, -0.2) is 9.37 Å². The maximum atomic E-state index is 13.0. The Morgan fingerprint density at radius 2 is 2.00 bits per heavy atom. The highest BCUT2D eigenvalue weighted by molar-refractivity contribution is 7.80. The van der Waals surface area contributed by atoms with E-state index in [1.165, 1.54) is 16.8 Å². The van der Waals surface area contributed by atoms with E-state index in [-0.39, 0.29) is 11.9 Å². The highest BCUT2D eigenvalue weighted by Crippen LogP contribution is 2.36. The standard InChI is InChI=1S/C18H16FN3S2/c19-12-7-9-13(10-8-12)20-18(23)22-11-3-5-15(22)17-21-14-4-1-2-6-16(14)24-17/h1-2,4,6-10,15H,3,5,11H2,(H,20,23)/t15-/m0/s1. The van der Waals surface area contributed by atoms with Gasteiger partial charge in [0.25, 0.3) is 0 Å². The molecule has 4 rings (SSSR count). The fourth-order valence-corrected chi connectivity index (χ4v) is 4.48. The van der Waals surface area contributed by atoms with Crippen LogP contribution in [0.25, 0.3) is 10.2 Å². The topological polar surface area (TPSA) is 28.2 Å². The van der Waals surface area contributed by atoms with E-state index >= 15 is 0 Å². The average Bonchev–Trinajstić information content (AvgIpc) is 3.23. The van der Waals surface area contributed by atoms with Crippen molar-refractivity contribution in [3.63, 3.8) is 0 Å². The minimum absolute atomic E-state index is 0.211. The summed E-state index contributed by atoms with van der Waals surface area (Å²) in [5.74, 6) is -0.250. The summed E-state index contributed by atoms with van der Waals surface area (Å²) in [5.41, 5.74) is 1.85. The van der Waals surface area contributed by atoms with E-state index in [1.54, 1.807) is 23.5 Å². The summed E-state index contributed by atoms with van der Waals surface area (Å²) >= 11 is 7.32. The lowest BCUT2D eigenvalue weighted by Crippen LogP contribution is -2.34. The summed E-state index contributed by atoms with van der Waals surface area (Å²) in [5, 5.41) is 4.99. The minimum atomic E-state index is -0.250. The molecule has 6 heteroatoms. The molecule has 1 aliphatic rings. The Labute approximate surface area is 149 Å². The van der Waals surface area contributed by atoms with Crippen molar-refractivity contribution in [2.24, 2.45) is 0 Å². The van der Waals surface area contributed by atoms with Gasteiger partial charge in [-0.3, -0.25) is 0 Å². The van der Waals surface area contributed by atoms with Crippen LogP contribution in [0.4, 0.5) is 10.1 Å². The van der Waals surface area contributed by atoms with E-state index in [1.807, 2.05) is 18.2 Å². The molecule has 0 spiro atoms. The van der Waals surface area contributed by atoms with Crippen molar-refractivity contribution in [3.05, 3.63) is 59.4 Å². The molecule has 2 heterocycles. The van der Waals surface area contributed by atoms with E-state index in [2.05, 4.69) is 16.3 Å². The number of hydrogen-bond acceptors (Lipinski definition) is 3. The van der Waals surface area contributed by atoms with Gasteiger partial charge in [-0.15, -0.1) is 11.3 Å². The summed E-state index contributed by atoms with van der Waals surface area (Å²) in [6.45, 7) is 0.910. The predicted octanol–water partition coefficient (Wildman–Crippen LogP) is 4.97. The lowest BCUT2D eigenvalue weighted by molar-refractivity contribution is 0.405. The lowest BCUT2D eigenvalue weighted by Gasteiger charge is -2.26. The Morgan fingerprint density at radius 3 is 2.79 bits per heavy atom. The van der Waals surface area contributed by atoms with Gasteiger partial charge in [0.15, 0.2) is 5.11 Å². The second kappa shape index (κ2) is 6.45. The summed E-state index contributed by atoms with van der Waals surface area (Å²) in [4.78, 5) is 6.98. The van der Waals surface area contributed by atoms with Gasteiger partial charge < -0.3 is 10.2 Å². The first kappa shape index (κ1) is 15.5. The van der Waals surface area contributed by atoms with Crippen LogP contribution in [0.1, 0.15) is 23.9 Å². The largest absolute Gasteiger partial charge is 0.340 e. The van der Waals surface area contributed by atoms with Gasteiger partial charge in [-0.05, 0) is 61.5 Å². The molecule has 0 bridgehead atoms. The third kappa shape index (κ3) is 2.99. The SMILES string of the molecule is Fc1ccc(NC(=S)N2CCC[C@H]2c2nc3ccccc3s2)cc1. The Bertz CT molecular complexity index is 842. The summed E-state index contributed by atoms with van der Waals surface area (Å²) < 4.78 is 14.2. The lowest BCUT2D eigenvalue weighted by atomic mass is 10.2. The summed E-state index contributed by atoms with van der Waals surface area (Å²) in [6, 6.07) is 14.7. The van der Waals surface area contributed by atoms with Gasteiger partial charge in [0, 0.05) is 12.2 Å². The molecular formula is C18H16FN3S2. The number of thiazole rings is 1. The van der Waals surface area contributed by atoms with Crippen LogP contribution < -0.4 is 5.32 Å². The van der Waals surface area contributed by atoms with Gasteiger partial charge in [-0.2, -0.15) is 0 Å². The molecule has 1 atom stereocenters. The van der Waals surface area contributed by atoms with E-state index < -0.39 is 0 Å². The van der Waals surface area contributed by atoms with Crippen LogP contribution in [-0.2, 0) is 0 Å². The zero-order valence-electron chi connectivity index (χ0n) is 12.9. The van der Waals surface area contributed by atoms with Crippen LogP contribution in [0.5, 0.6) is 0 Å². The van der Waals surface area contributed by atoms with Crippen LogP contribution in [0, 0.1) is 5.82 Å². The number of nitrogens with zero attached hydrogens (tertiary/aromatic N) is 2. The van der Waals surface area contributed by atoms with Gasteiger partial charge >= 0.3 is 0 Å². The Balaban J connectivity index is 1.55. The third-order valence-electron chi connectivity index (χ3n) is 4.20. The Kier molecular flexibility index (Phi) is 4.16. The number of rotatable bonds is 2. The van der Waals surface area contributed by atoms with Gasteiger partial charge in [0.05, 0.1) is 16.3 Å². The van der Waals surface area contributed by atoms with Crippen LogP contribution in [-0.4, -0.2) is 21.5 Å². The number of fused-ring (bicyclic) bond motifs is 1. The first-order valence-corrected chi connectivity index (χ1v) is 9.12. The van der Waals surface area contributed by atoms with E-state index in [0.29, 0.717) is 5.11 Å². The molecule has 3 aromatic rings. The summed E-state index contributed by atoms with van der Waals surface area (Å²) in [6.07, 6.45) is 2.14. The molecule has 122 valence electrons. The van der Waals surface area contributed by atoms with Crippen molar-refractivity contribution in [1.82, 2.24) is 9.88 Å². The number of nitrogens with one attached hydrogen (secondary N) is 1. The van der Waals surface area contributed by atoms with Crippen molar-refractivity contribution in [1.29, 1.82) is 0 Å². The molecule has 24 heavy (non-hydrogen) atoms. The first-order chi connectivity index (χ1) is 11.7. The first-order valence-electron chi connectivity index (χ1n) is 7.89. The molecule has 0 amide bonds. The van der Waals surface area contributed by atoms with Gasteiger partial charge in [0.1, 0.15) is 10.8 Å². The summed E-state index contributed by atoms with van der Waals surface area (Å²) in [7, 11) is 0. The molecule has 1 aliphatic heterocycles. The molecule has 1 aromatic heterocycles. The zero-order chi connectivity index (χ0) is 16.5. The van der Waals surface area contributed by atoms with Crippen molar-refractivity contribution in [2.45, 2.75) is 18.9 Å². The fourth-order valence-electron chi connectivity index (χ4n) is 3.03. The van der Waals surface area contributed by atoms with Crippen molar-refractivity contribution >= 4 is 44.6 Å². The third-order valence-corrected chi connectivity index (χ3v) is 5.68. The van der Waals surface area contributed by atoms with Crippen LogP contribution in [0.2, 0.25) is 0 Å². The average molecular weight is 357 g/mol. The van der Waals surface area contributed by atoms with Crippen molar-refractivity contribution in [2.75, 3.05) is 11.9 Å². The highest BCUT2D eigenvalue weighted by atomic mass is 32.1.